The molecule has 138 valence electrons. The molecule has 0 fully saturated rings. The van der Waals surface area contributed by atoms with Gasteiger partial charge in [0.2, 0.25) is 16.0 Å². The van der Waals surface area contributed by atoms with Crippen LogP contribution in [0, 0.1) is 13.8 Å². The lowest BCUT2D eigenvalue weighted by molar-refractivity contribution is -0.114. The van der Waals surface area contributed by atoms with Crippen LogP contribution in [0.15, 0.2) is 24.4 Å². The maximum absolute atomic E-state index is 12.4. The normalized spacial score (nSPS) is 11.8. The highest BCUT2D eigenvalue weighted by Crippen LogP contribution is 2.27. The van der Waals surface area contributed by atoms with E-state index >= 15 is 0 Å². The Labute approximate surface area is 157 Å². The van der Waals surface area contributed by atoms with Gasteiger partial charge < -0.3 is 10.2 Å². The Bertz CT molecular complexity index is 919. The van der Waals surface area contributed by atoms with Crippen molar-refractivity contribution in [2.24, 2.45) is 0 Å². The third-order valence-corrected chi connectivity index (χ3v) is 5.42. The summed E-state index contributed by atoms with van der Waals surface area (Å²) in [4.78, 5) is 19.7. The van der Waals surface area contributed by atoms with E-state index < -0.39 is 0 Å². The van der Waals surface area contributed by atoms with E-state index in [1.165, 1.54) is 11.3 Å². The van der Waals surface area contributed by atoms with Crippen molar-refractivity contribution in [1.82, 2.24) is 14.6 Å². The number of aromatic nitrogens is 3. The van der Waals surface area contributed by atoms with Crippen LogP contribution in [0.25, 0.3) is 4.96 Å². The summed E-state index contributed by atoms with van der Waals surface area (Å²) >= 11 is 1.48. The summed E-state index contributed by atoms with van der Waals surface area (Å²) in [6.07, 6.45) is 1.96. The highest BCUT2D eigenvalue weighted by molar-refractivity contribution is 7.20. The molecule has 2 aromatic heterocycles. The first-order chi connectivity index (χ1) is 12.1. The second-order valence-corrected chi connectivity index (χ2v) is 8.57. The molecule has 7 heteroatoms. The third kappa shape index (κ3) is 3.72. The lowest BCUT2D eigenvalue weighted by Gasteiger charge is -2.16. The lowest BCUT2D eigenvalue weighted by atomic mass is 9.93. The number of fused-ring (bicyclic) bond motifs is 1. The van der Waals surface area contributed by atoms with Crippen LogP contribution in [0.3, 0.4) is 0 Å². The minimum Gasteiger partial charge on any atom is -0.340 e. The summed E-state index contributed by atoms with van der Waals surface area (Å²) in [7, 11) is 1.87. The summed E-state index contributed by atoms with van der Waals surface area (Å²) in [5.41, 5.74) is 4.11. The van der Waals surface area contributed by atoms with Crippen LogP contribution in [0.2, 0.25) is 0 Å². The van der Waals surface area contributed by atoms with E-state index in [0.717, 1.165) is 32.6 Å². The number of carbonyl (C=O) groups is 1. The quantitative estimate of drug-likeness (QED) is 0.758. The number of hydrogen-bond acceptors (Lipinski definition) is 5. The molecule has 1 amide bonds. The van der Waals surface area contributed by atoms with E-state index in [2.05, 4.69) is 36.2 Å². The molecule has 3 rings (SSSR count). The Morgan fingerprint density at radius 2 is 2.04 bits per heavy atom. The SMILES string of the molecule is Cc1cccc(NC(=O)CN(C)c2nn3cc(C(C)(C)C)nc3s2)c1C. The zero-order valence-corrected chi connectivity index (χ0v) is 16.9. The molecular formula is C19H25N5OS. The largest absolute Gasteiger partial charge is 0.340 e. The number of nitrogens with one attached hydrogen (secondary N) is 1. The summed E-state index contributed by atoms with van der Waals surface area (Å²) in [6.45, 7) is 10.7. The molecule has 3 aromatic rings. The molecule has 0 bridgehead atoms. The second-order valence-electron chi connectivity index (χ2n) is 7.64. The van der Waals surface area contributed by atoms with E-state index in [1.54, 1.807) is 4.52 Å². The molecule has 0 aliphatic rings. The minimum absolute atomic E-state index is 0.00888. The van der Waals surface area contributed by atoms with Crippen molar-refractivity contribution < 1.29 is 4.79 Å². The van der Waals surface area contributed by atoms with Crippen molar-refractivity contribution in [3.63, 3.8) is 0 Å². The second kappa shape index (κ2) is 6.72. The van der Waals surface area contributed by atoms with Gasteiger partial charge in [-0.15, -0.1) is 5.10 Å². The van der Waals surface area contributed by atoms with Gasteiger partial charge in [0.15, 0.2) is 0 Å². The lowest BCUT2D eigenvalue weighted by Crippen LogP contribution is -2.30. The fraction of sp³-hybridized carbons (Fsp3) is 0.421. The fourth-order valence-electron chi connectivity index (χ4n) is 2.56. The average Bonchev–Trinajstić information content (AvgIpc) is 3.10. The number of amides is 1. The number of likely N-dealkylation sites (N-methyl/N-ethyl adjacent to an activating group) is 1. The molecule has 0 aliphatic heterocycles. The average molecular weight is 372 g/mol. The zero-order valence-electron chi connectivity index (χ0n) is 16.1. The zero-order chi connectivity index (χ0) is 19.1. The third-order valence-electron chi connectivity index (χ3n) is 4.39. The number of carbonyl (C=O) groups excluding carboxylic acids is 1. The molecule has 26 heavy (non-hydrogen) atoms. The maximum atomic E-state index is 12.4. The molecular weight excluding hydrogens is 346 g/mol. The number of aryl methyl sites for hydroxylation is 1. The number of benzene rings is 1. The van der Waals surface area contributed by atoms with E-state index in [9.17, 15) is 4.79 Å². The van der Waals surface area contributed by atoms with Crippen molar-refractivity contribution >= 4 is 33.0 Å². The predicted octanol–water partition coefficient (Wildman–Crippen LogP) is 3.78. The van der Waals surface area contributed by atoms with Crippen LogP contribution in [0.4, 0.5) is 10.8 Å². The topological polar surface area (TPSA) is 62.5 Å². The summed E-state index contributed by atoms with van der Waals surface area (Å²) in [5, 5.41) is 8.31. The molecule has 0 saturated heterocycles. The van der Waals surface area contributed by atoms with Crippen LogP contribution in [-0.2, 0) is 10.2 Å². The van der Waals surface area contributed by atoms with Gasteiger partial charge in [0, 0.05) is 18.2 Å². The number of hydrogen-bond donors (Lipinski definition) is 1. The van der Waals surface area contributed by atoms with Gasteiger partial charge in [0.1, 0.15) is 0 Å². The standard InChI is InChI=1S/C19H25N5OS/c1-12-8-7-9-14(13(12)2)20-16(25)11-23(6)18-22-24-10-15(19(3,4)5)21-17(24)26-18/h7-10H,11H2,1-6H3,(H,20,25). The van der Waals surface area contributed by atoms with Crippen molar-refractivity contribution in [3.05, 3.63) is 41.2 Å². The summed E-state index contributed by atoms with van der Waals surface area (Å²) in [6, 6.07) is 5.91. The van der Waals surface area contributed by atoms with Crippen molar-refractivity contribution in [3.8, 4) is 0 Å². The van der Waals surface area contributed by atoms with Crippen molar-refractivity contribution in [2.75, 3.05) is 23.8 Å². The summed E-state index contributed by atoms with van der Waals surface area (Å²) in [5.74, 6) is -0.0654. The molecule has 0 spiro atoms. The monoisotopic (exact) mass is 371 g/mol. The number of anilines is 2. The molecule has 6 nitrogen and oxygen atoms in total. The van der Waals surface area contributed by atoms with Gasteiger partial charge in [0.25, 0.3) is 0 Å². The Kier molecular flexibility index (Phi) is 4.75. The number of imidazole rings is 1. The highest BCUT2D eigenvalue weighted by Gasteiger charge is 2.20. The molecule has 0 atom stereocenters. The van der Waals surface area contributed by atoms with E-state index in [0.29, 0.717) is 0 Å². The van der Waals surface area contributed by atoms with Gasteiger partial charge in [-0.1, -0.05) is 44.2 Å². The van der Waals surface area contributed by atoms with Gasteiger partial charge >= 0.3 is 0 Å². The van der Waals surface area contributed by atoms with E-state index in [1.807, 2.05) is 50.2 Å². The smallest absolute Gasteiger partial charge is 0.243 e. The fourth-order valence-corrected chi connectivity index (χ4v) is 3.41. The van der Waals surface area contributed by atoms with Crippen LogP contribution in [0.1, 0.15) is 37.6 Å². The van der Waals surface area contributed by atoms with Crippen LogP contribution in [0.5, 0.6) is 0 Å². The molecule has 2 heterocycles. The van der Waals surface area contributed by atoms with Gasteiger partial charge in [-0.3, -0.25) is 4.79 Å². The van der Waals surface area contributed by atoms with E-state index in [4.69, 9.17) is 0 Å². The van der Waals surface area contributed by atoms with Gasteiger partial charge in [-0.25, -0.2) is 9.50 Å². The highest BCUT2D eigenvalue weighted by atomic mass is 32.1. The van der Waals surface area contributed by atoms with Crippen molar-refractivity contribution in [2.45, 2.75) is 40.0 Å². The molecule has 1 aromatic carbocycles. The number of nitrogens with zero attached hydrogens (tertiary/aromatic N) is 4. The van der Waals surface area contributed by atoms with Gasteiger partial charge in [0.05, 0.1) is 18.4 Å². The van der Waals surface area contributed by atoms with E-state index in [-0.39, 0.29) is 17.9 Å². The maximum Gasteiger partial charge on any atom is 0.243 e. The van der Waals surface area contributed by atoms with Crippen molar-refractivity contribution in [1.29, 1.82) is 0 Å². The molecule has 0 saturated carbocycles. The van der Waals surface area contributed by atoms with Crippen LogP contribution >= 0.6 is 11.3 Å². The summed E-state index contributed by atoms with van der Waals surface area (Å²) < 4.78 is 1.79. The van der Waals surface area contributed by atoms with Crippen LogP contribution < -0.4 is 10.2 Å². The minimum atomic E-state index is -0.0654. The predicted molar refractivity (Wildman–Crippen MR) is 107 cm³/mol. The Morgan fingerprint density at radius 3 is 2.69 bits per heavy atom. The first-order valence-electron chi connectivity index (χ1n) is 8.59. The molecule has 1 N–H and O–H groups in total. The first kappa shape index (κ1) is 18.4. The Balaban J connectivity index is 1.70. The molecule has 0 aliphatic carbocycles. The Hall–Kier alpha value is -2.41. The van der Waals surface area contributed by atoms with Gasteiger partial charge in [-0.05, 0) is 31.0 Å². The van der Waals surface area contributed by atoms with Crippen LogP contribution in [-0.4, -0.2) is 34.1 Å². The first-order valence-corrected chi connectivity index (χ1v) is 9.40. The van der Waals surface area contributed by atoms with Gasteiger partial charge in [-0.2, -0.15) is 0 Å². The molecule has 0 unspecified atom stereocenters. The molecule has 0 radical (unpaired) electrons. The Morgan fingerprint density at radius 1 is 1.31 bits per heavy atom. The number of rotatable bonds is 4.